The van der Waals surface area contributed by atoms with Gasteiger partial charge in [0.1, 0.15) is 11.8 Å². The fourth-order valence-corrected chi connectivity index (χ4v) is 5.17. The Bertz CT molecular complexity index is 1510. The molecule has 8 nitrogen and oxygen atoms in total. The molecule has 1 aromatic heterocycles. The predicted molar refractivity (Wildman–Crippen MR) is 155 cm³/mol. The Morgan fingerprint density at radius 3 is 2.62 bits per heavy atom. The summed E-state index contributed by atoms with van der Waals surface area (Å²) < 4.78 is 8.05. The van der Waals surface area contributed by atoms with Gasteiger partial charge in [0.15, 0.2) is 0 Å². The van der Waals surface area contributed by atoms with Crippen LogP contribution < -0.4 is 21.1 Å². The molecule has 0 fully saturated rings. The van der Waals surface area contributed by atoms with Gasteiger partial charge in [-0.2, -0.15) is 0 Å². The monoisotopic (exact) mass is 577 g/mol. The van der Waals surface area contributed by atoms with Crippen molar-refractivity contribution in [2.45, 2.75) is 38.0 Å². The number of carbonyl (C=O) groups excluding carboxylic acids is 2. The molecule has 0 aliphatic carbocycles. The van der Waals surface area contributed by atoms with Crippen molar-refractivity contribution < 1.29 is 14.3 Å². The maximum absolute atomic E-state index is 13.3. The van der Waals surface area contributed by atoms with E-state index in [9.17, 15) is 9.59 Å². The molecule has 0 bridgehead atoms. The van der Waals surface area contributed by atoms with Crippen LogP contribution in [-0.2, 0) is 24.3 Å². The van der Waals surface area contributed by atoms with Crippen molar-refractivity contribution in [1.29, 1.82) is 0 Å². The van der Waals surface area contributed by atoms with Gasteiger partial charge in [-0.05, 0) is 41.5 Å². The van der Waals surface area contributed by atoms with Crippen molar-refractivity contribution in [2.75, 3.05) is 6.61 Å². The van der Waals surface area contributed by atoms with E-state index in [4.69, 9.17) is 33.7 Å². The van der Waals surface area contributed by atoms with Crippen LogP contribution in [-0.4, -0.2) is 34.0 Å². The standard InChI is InChI=1S/C30H29Cl2N5O3/c31-21-9-7-19(8-10-21)14-27(29(33)38)36-30(39)25-6-2-5-24-26(11-12-40-28(24)25)35-16-23-15-34-18-37(23)17-20-3-1-4-22(32)13-20/h1-10,13,15,18,26-27,35H,11-12,14,16-17H2,(H2,33,38)(H,36,39). The molecule has 4 aromatic rings. The smallest absolute Gasteiger partial charge is 0.255 e. The summed E-state index contributed by atoms with van der Waals surface area (Å²) >= 11 is 12.1. The van der Waals surface area contributed by atoms with Crippen molar-refractivity contribution in [1.82, 2.24) is 20.2 Å². The van der Waals surface area contributed by atoms with Gasteiger partial charge in [0.05, 0.1) is 24.2 Å². The van der Waals surface area contributed by atoms with Gasteiger partial charge in [0.25, 0.3) is 5.91 Å². The number of nitrogens with one attached hydrogen (secondary N) is 2. The lowest BCUT2D eigenvalue weighted by atomic mass is 9.96. The molecule has 0 saturated heterocycles. The van der Waals surface area contributed by atoms with Crippen LogP contribution in [0.4, 0.5) is 0 Å². The molecule has 0 saturated carbocycles. The molecule has 2 atom stereocenters. The highest BCUT2D eigenvalue weighted by Gasteiger charge is 2.28. The van der Waals surface area contributed by atoms with Crippen molar-refractivity contribution in [3.63, 3.8) is 0 Å². The molecule has 4 N–H and O–H groups in total. The average molecular weight is 579 g/mol. The highest BCUT2D eigenvalue weighted by atomic mass is 35.5. The van der Waals surface area contributed by atoms with Crippen LogP contribution >= 0.6 is 23.2 Å². The summed E-state index contributed by atoms with van der Waals surface area (Å²) in [5, 5.41) is 7.66. The van der Waals surface area contributed by atoms with Crippen molar-refractivity contribution in [3.05, 3.63) is 117 Å². The number of imidazole rings is 1. The molecule has 0 radical (unpaired) electrons. The van der Waals surface area contributed by atoms with Crippen LogP contribution in [0.3, 0.4) is 0 Å². The van der Waals surface area contributed by atoms with Gasteiger partial charge in [-0.25, -0.2) is 4.98 Å². The van der Waals surface area contributed by atoms with E-state index in [0.29, 0.717) is 41.1 Å². The van der Waals surface area contributed by atoms with Crippen LogP contribution in [0.25, 0.3) is 0 Å². The largest absolute Gasteiger partial charge is 0.492 e. The van der Waals surface area contributed by atoms with Gasteiger partial charge in [0.2, 0.25) is 5.91 Å². The number of fused-ring (bicyclic) bond motifs is 1. The van der Waals surface area contributed by atoms with E-state index in [0.717, 1.165) is 28.8 Å². The first-order valence-electron chi connectivity index (χ1n) is 12.9. The third-order valence-corrected chi connectivity index (χ3v) is 7.38. The van der Waals surface area contributed by atoms with Crippen molar-refractivity contribution >= 4 is 35.0 Å². The zero-order valence-corrected chi connectivity index (χ0v) is 23.2. The lowest BCUT2D eigenvalue weighted by Gasteiger charge is -2.28. The molecular weight excluding hydrogens is 549 g/mol. The van der Waals surface area contributed by atoms with E-state index in [2.05, 4.69) is 20.2 Å². The molecule has 3 aromatic carbocycles. The molecule has 1 aliphatic heterocycles. The number of para-hydroxylation sites is 1. The number of carbonyl (C=O) groups is 2. The minimum Gasteiger partial charge on any atom is -0.492 e. The number of benzene rings is 3. The molecule has 2 heterocycles. The third-order valence-electron chi connectivity index (χ3n) is 6.89. The van der Waals surface area contributed by atoms with E-state index < -0.39 is 17.9 Å². The zero-order valence-electron chi connectivity index (χ0n) is 21.6. The Kier molecular flexibility index (Phi) is 8.69. The van der Waals surface area contributed by atoms with Gasteiger partial charge in [-0.1, -0.05) is 59.6 Å². The van der Waals surface area contributed by atoms with Crippen LogP contribution in [0.15, 0.2) is 79.3 Å². The second-order valence-corrected chi connectivity index (χ2v) is 10.6. The zero-order chi connectivity index (χ0) is 28.1. The lowest BCUT2D eigenvalue weighted by Crippen LogP contribution is -2.46. The first kappa shape index (κ1) is 27.7. The van der Waals surface area contributed by atoms with Gasteiger partial charge in [-0.15, -0.1) is 0 Å². The lowest BCUT2D eigenvalue weighted by molar-refractivity contribution is -0.119. The van der Waals surface area contributed by atoms with Crippen molar-refractivity contribution in [2.24, 2.45) is 5.73 Å². The maximum atomic E-state index is 13.3. The minimum absolute atomic E-state index is 0.0352. The van der Waals surface area contributed by atoms with Crippen LogP contribution in [0.1, 0.15) is 45.2 Å². The fourth-order valence-electron chi connectivity index (χ4n) is 4.83. The fraction of sp³-hybridized carbons (Fsp3) is 0.233. The summed E-state index contributed by atoms with van der Waals surface area (Å²) in [6.45, 7) is 1.68. The molecule has 5 rings (SSSR count). The Morgan fingerprint density at radius 2 is 1.85 bits per heavy atom. The Morgan fingerprint density at radius 1 is 1.05 bits per heavy atom. The molecule has 0 spiro atoms. The van der Waals surface area contributed by atoms with Crippen molar-refractivity contribution in [3.8, 4) is 5.75 Å². The minimum atomic E-state index is -0.887. The Labute approximate surface area is 242 Å². The summed E-state index contributed by atoms with van der Waals surface area (Å²) in [7, 11) is 0. The highest BCUT2D eigenvalue weighted by Crippen LogP contribution is 2.35. The summed E-state index contributed by atoms with van der Waals surface area (Å²) in [5.74, 6) is -0.538. The highest BCUT2D eigenvalue weighted by molar-refractivity contribution is 6.30. The first-order chi connectivity index (χ1) is 19.4. The third kappa shape index (κ3) is 6.65. The normalized spacial score (nSPS) is 15.1. The summed E-state index contributed by atoms with van der Waals surface area (Å²) in [6, 6.07) is 19.4. The first-order valence-corrected chi connectivity index (χ1v) is 13.7. The van der Waals surface area contributed by atoms with E-state index in [1.807, 2.05) is 42.6 Å². The van der Waals surface area contributed by atoms with E-state index >= 15 is 0 Å². The summed E-state index contributed by atoms with van der Waals surface area (Å²) in [5.41, 5.74) is 9.80. The molecule has 40 heavy (non-hydrogen) atoms. The number of amides is 2. The number of nitrogens with two attached hydrogens (primary N) is 1. The second-order valence-electron chi connectivity index (χ2n) is 9.70. The van der Waals surface area contributed by atoms with Crippen LogP contribution in [0, 0.1) is 0 Å². The number of hydrogen-bond acceptors (Lipinski definition) is 5. The SMILES string of the molecule is NC(=O)C(Cc1ccc(Cl)cc1)NC(=O)c1cccc2c1OCCC2NCc1cncn1Cc1cccc(Cl)c1. The molecular formula is C30H29Cl2N5O3. The number of primary amides is 1. The topological polar surface area (TPSA) is 111 Å². The van der Waals surface area contributed by atoms with Gasteiger partial charge in [-0.3, -0.25) is 9.59 Å². The number of aromatic nitrogens is 2. The number of halogens is 2. The number of hydrogen-bond donors (Lipinski definition) is 3. The maximum Gasteiger partial charge on any atom is 0.255 e. The van der Waals surface area contributed by atoms with Gasteiger partial charge in [0, 0.05) is 53.8 Å². The Balaban J connectivity index is 1.28. The second kappa shape index (κ2) is 12.6. The molecule has 2 unspecified atom stereocenters. The van der Waals surface area contributed by atoms with Crippen LogP contribution in [0.5, 0.6) is 5.75 Å². The molecule has 10 heteroatoms. The molecule has 206 valence electrons. The molecule has 1 aliphatic rings. The summed E-state index contributed by atoms with van der Waals surface area (Å²) in [4.78, 5) is 29.8. The van der Waals surface area contributed by atoms with E-state index in [1.165, 1.54) is 0 Å². The van der Waals surface area contributed by atoms with Gasteiger partial charge >= 0.3 is 0 Å². The van der Waals surface area contributed by atoms with E-state index in [1.54, 1.807) is 36.7 Å². The number of nitrogens with zero attached hydrogens (tertiary/aromatic N) is 2. The average Bonchev–Trinajstić information content (AvgIpc) is 3.38. The molecule has 2 amide bonds. The van der Waals surface area contributed by atoms with Crippen LogP contribution in [0.2, 0.25) is 10.0 Å². The van der Waals surface area contributed by atoms with E-state index in [-0.39, 0.29) is 12.5 Å². The quantitative estimate of drug-likeness (QED) is 0.253. The Hall–Kier alpha value is -3.85. The summed E-state index contributed by atoms with van der Waals surface area (Å²) in [6.07, 6.45) is 4.63. The number of rotatable bonds is 10. The predicted octanol–water partition coefficient (Wildman–Crippen LogP) is 4.68. The van der Waals surface area contributed by atoms with Gasteiger partial charge < -0.3 is 25.7 Å². The number of ether oxygens (including phenoxy) is 1.